The highest BCUT2D eigenvalue weighted by Gasteiger charge is 2.12. The van der Waals surface area contributed by atoms with E-state index < -0.39 is 5.97 Å². The van der Waals surface area contributed by atoms with E-state index in [0.717, 1.165) is 19.3 Å². The lowest BCUT2D eigenvalue weighted by molar-refractivity contribution is -0.149. The van der Waals surface area contributed by atoms with E-state index in [0.29, 0.717) is 10.9 Å². The summed E-state index contributed by atoms with van der Waals surface area (Å²) in [5, 5.41) is 3.25. The highest BCUT2D eigenvalue weighted by atomic mass is 16.5. The minimum absolute atomic E-state index is 0.0420. The van der Waals surface area contributed by atoms with Crippen LogP contribution in [0.4, 0.5) is 0 Å². The fourth-order valence-electron chi connectivity index (χ4n) is 2.82. The van der Waals surface area contributed by atoms with Crippen molar-refractivity contribution in [2.45, 2.75) is 58.5 Å². The highest BCUT2D eigenvalue weighted by Crippen LogP contribution is 2.06. The Morgan fingerprint density at radius 3 is 2.78 bits per heavy atom. The number of unbranched alkanes of at least 4 members (excludes halogenated alkanes) is 3. The van der Waals surface area contributed by atoms with Crippen LogP contribution in [0.15, 0.2) is 35.4 Å². The molecule has 2 rings (SSSR count). The second-order valence-corrected chi connectivity index (χ2v) is 6.67. The van der Waals surface area contributed by atoms with Crippen molar-refractivity contribution in [2.75, 3.05) is 6.61 Å². The van der Waals surface area contributed by atoms with Crippen LogP contribution in [0.1, 0.15) is 46.0 Å². The fourth-order valence-corrected chi connectivity index (χ4v) is 2.82. The van der Waals surface area contributed by atoms with Crippen LogP contribution in [-0.2, 0) is 20.9 Å². The molecule has 7 heteroatoms. The molecule has 1 N–H and O–H groups in total. The maximum absolute atomic E-state index is 12.3. The molecule has 1 aromatic heterocycles. The van der Waals surface area contributed by atoms with Crippen LogP contribution in [0.2, 0.25) is 0 Å². The molecule has 2 aromatic rings. The zero-order valence-electron chi connectivity index (χ0n) is 15.9. The summed E-state index contributed by atoms with van der Waals surface area (Å²) in [7, 11) is 0. The van der Waals surface area contributed by atoms with Crippen molar-refractivity contribution < 1.29 is 14.3 Å². The van der Waals surface area contributed by atoms with Crippen LogP contribution < -0.4 is 10.9 Å². The quantitative estimate of drug-likeness (QED) is 0.510. The summed E-state index contributed by atoms with van der Waals surface area (Å²) in [5.74, 6) is -0.991. The normalized spacial score (nSPS) is 11.9. The van der Waals surface area contributed by atoms with E-state index in [1.807, 2.05) is 6.92 Å². The first-order valence-electron chi connectivity index (χ1n) is 9.40. The van der Waals surface area contributed by atoms with Crippen molar-refractivity contribution in [3.05, 3.63) is 40.9 Å². The Hall–Kier alpha value is -2.70. The SMILES string of the molecule is CCCCCC[C@@H](C)NC(=O)COC(=O)Cn1cnc2ccccc2c1=O. The van der Waals surface area contributed by atoms with Crippen LogP contribution >= 0.6 is 0 Å². The van der Waals surface area contributed by atoms with Crippen LogP contribution in [0.5, 0.6) is 0 Å². The predicted molar refractivity (Wildman–Crippen MR) is 103 cm³/mol. The van der Waals surface area contributed by atoms with Crippen molar-refractivity contribution in [3.8, 4) is 0 Å². The molecule has 0 spiro atoms. The number of aromatic nitrogens is 2. The molecule has 1 atom stereocenters. The van der Waals surface area contributed by atoms with Gasteiger partial charge in [0.25, 0.3) is 11.5 Å². The van der Waals surface area contributed by atoms with Crippen molar-refractivity contribution in [3.63, 3.8) is 0 Å². The Morgan fingerprint density at radius 2 is 2.00 bits per heavy atom. The van der Waals surface area contributed by atoms with E-state index >= 15 is 0 Å². The molecule has 1 aromatic carbocycles. The lowest BCUT2D eigenvalue weighted by atomic mass is 10.1. The van der Waals surface area contributed by atoms with E-state index in [4.69, 9.17) is 4.74 Å². The van der Waals surface area contributed by atoms with E-state index in [-0.39, 0.29) is 30.7 Å². The molecule has 27 heavy (non-hydrogen) atoms. The maximum atomic E-state index is 12.3. The van der Waals surface area contributed by atoms with Gasteiger partial charge in [0.05, 0.1) is 17.2 Å². The molecular weight excluding hydrogens is 346 g/mol. The van der Waals surface area contributed by atoms with Gasteiger partial charge in [-0.05, 0) is 25.5 Å². The topological polar surface area (TPSA) is 90.3 Å². The third-order valence-corrected chi connectivity index (χ3v) is 4.29. The molecule has 0 fully saturated rings. The van der Waals surface area contributed by atoms with Crippen molar-refractivity contribution in [1.82, 2.24) is 14.9 Å². The average Bonchev–Trinajstić information content (AvgIpc) is 2.66. The predicted octanol–water partition coefficient (Wildman–Crippen LogP) is 2.41. The number of carbonyl (C=O) groups excluding carboxylic acids is 2. The summed E-state index contributed by atoms with van der Waals surface area (Å²) in [4.78, 5) is 40.3. The summed E-state index contributed by atoms with van der Waals surface area (Å²) in [5.41, 5.74) is 0.252. The first-order valence-corrected chi connectivity index (χ1v) is 9.40. The number of fused-ring (bicyclic) bond motifs is 1. The van der Waals surface area contributed by atoms with E-state index in [9.17, 15) is 14.4 Å². The minimum Gasteiger partial charge on any atom is -0.454 e. The monoisotopic (exact) mass is 373 g/mol. The molecule has 1 amide bonds. The summed E-state index contributed by atoms with van der Waals surface area (Å²) >= 11 is 0. The Kier molecular flexibility index (Phi) is 7.98. The number of hydrogen-bond acceptors (Lipinski definition) is 5. The molecule has 0 aliphatic carbocycles. The number of carbonyl (C=O) groups is 2. The molecule has 0 bridgehead atoms. The van der Waals surface area contributed by atoms with Gasteiger partial charge in [0, 0.05) is 6.04 Å². The molecule has 146 valence electrons. The van der Waals surface area contributed by atoms with Gasteiger partial charge in [-0.3, -0.25) is 19.0 Å². The minimum atomic E-state index is -0.653. The lowest BCUT2D eigenvalue weighted by Crippen LogP contribution is -2.36. The van der Waals surface area contributed by atoms with Gasteiger partial charge in [-0.15, -0.1) is 0 Å². The Balaban J connectivity index is 1.78. The first-order chi connectivity index (χ1) is 13.0. The number of ether oxygens (including phenoxy) is 1. The standard InChI is InChI=1S/C20H27N3O4/c1-3-4-5-6-9-15(2)22-18(24)13-27-19(25)12-23-14-21-17-11-8-7-10-16(17)20(23)26/h7-8,10-11,14-15H,3-6,9,12-13H2,1-2H3,(H,22,24)/t15-/m1/s1. The van der Waals surface area contributed by atoms with Gasteiger partial charge in [-0.25, -0.2) is 4.98 Å². The maximum Gasteiger partial charge on any atom is 0.326 e. The zero-order chi connectivity index (χ0) is 19.6. The number of para-hydroxylation sites is 1. The summed E-state index contributed by atoms with van der Waals surface area (Å²) < 4.78 is 6.16. The molecule has 0 saturated carbocycles. The van der Waals surface area contributed by atoms with Gasteiger partial charge >= 0.3 is 5.97 Å². The van der Waals surface area contributed by atoms with Crippen molar-refractivity contribution in [1.29, 1.82) is 0 Å². The van der Waals surface area contributed by atoms with Gasteiger partial charge in [0.15, 0.2) is 6.61 Å². The average molecular weight is 373 g/mol. The number of hydrogen-bond donors (Lipinski definition) is 1. The van der Waals surface area contributed by atoms with Gasteiger partial charge in [0.1, 0.15) is 6.54 Å². The molecule has 0 saturated heterocycles. The molecular formula is C20H27N3O4. The van der Waals surface area contributed by atoms with Crippen LogP contribution in [0.25, 0.3) is 10.9 Å². The van der Waals surface area contributed by atoms with Gasteiger partial charge < -0.3 is 10.1 Å². The fraction of sp³-hybridized carbons (Fsp3) is 0.500. The number of rotatable bonds is 10. The van der Waals surface area contributed by atoms with Crippen molar-refractivity contribution in [2.24, 2.45) is 0 Å². The van der Waals surface area contributed by atoms with E-state index in [2.05, 4.69) is 17.2 Å². The number of amides is 1. The van der Waals surface area contributed by atoms with Gasteiger partial charge in [-0.2, -0.15) is 0 Å². The van der Waals surface area contributed by atoms with Crippen LogP contribution in [0, 0.1) is 0 Å². The third kappa shape index (κ3) is 6.51. The highest BCUT2D eigenvalue weighted by molar-refractivity contribution is 5.81. The molecule has 0 aliphatic heterocycles. The molecule has 7 nitrogen and oxygen atoms in total. The number of nitrogens with zero attached hydrogens (tertiary/aromatic N) is 2. The van der Waals surface area contributed by atoms with Crippen LogP contribution in [-0.4, -0.2) is 34.1 Å². The number of benzene rings is 1. The zero-order valence-corrected chi connectivity index (χ0v) is 15.9. The second kappa shape index (κ2) is 10.4. The number of nitrogens with one attached hydrogen (secondary N) is 1. The first kappa shape index (κ1) is 20.6. The second-order valence-electron chi connectivity index (χ2n) is 6.67. The smallest absolute Gasteiger partial charge is 0.326 e. The third-order valence-electron chi connectivity index (χ3n) is 4.29. The van der Waals surface area contributed by atoms with Gasteiger partial charge in [0.2, 0.25) is 0 Å². The van der Waals surface area contributed by atoms with Crippen molar-refractivity contribution >= 4 is 22.8 Å². The van der Waals surface area contributed by atoms with E-state index in [1.54, 1.807) is 24.3 Å². The largest absolute Gasteiger partial charge is 0.454 e. The lowest BCUT2D eigenvalue weighted by Gasteiger charge is -2.14. The summed E-state index contributed by atoms with van der Waals surface area (Å²) in [6, 6.07) is 6.95. The Labute approximate surface area is 158 Å². The van der Waals surface area contributed by atoms with Gasteiger partial charge in [-0.1, -0.05) is 44.7 Å². The Morgan fingerprint density at radius 1 is 1.22 bits per heavy atom. The summed E-state index contributed by atoms with van der Waals surface area (Å²) in [6.07, 6.45) is 6.79. The Bertz CT molecular complexity index is 831. The number of esters is 1. The molecule has 0 aliphatic rings. The van der Waals surface area contributed by atoms with E-state index in [1.165, 1.54) is 23.7 Å². The molecule has 1 heterocycles. The molecule has 0 unspecified atom stereocenters. The van der Waals surface area contributed by atoms with Crippen LogP contribution in [0.3, 0.4) is 0 Å². The summed E-state index contributed by atoms with van der Waals surface area (Å²) in [6.45, 7) is 3.46. The molecule has 0 radical (unpaired) electrons.